The molecular formula is C37H70O6Si3. The summed E-state index contributed by atoms with van der Waals surface area (Å²) in [6.07, 6.45) is 2.06. The highest BCUT2D eigenvalue weighted by Crippen LogP contribution is 2.44. The lowest BCUT2D eigenvalue weighted by Crippen LogP contribution is -2.61. The summed E-state index contributed by atoms with van der Waals surface area (Å²) in [5.74, 6) is -0.267. The minimum Gasteiger partial charge on any atom is -0.462 e. The molecule has 0 unspecified atom stereocenters. The van der Waals surface area contributed by atoms with Gasteiger partial charge in [-0.2, -0.15) is 0 Å². The standard InChI is InChI=1S/C37H70O6Si3/c1-34(2,3)33(38)40-27-30(41-44(14,15)35(4,5)6)32(43-46(18,19)37(10,11)12)31(42-45(16,17)36(7,8)9)29(39-13)26-25-28-23-21-20-22-24-28/h20-26,29-32H,27H2,1-19H3/b26-25+/t29-,30+,31-,32-/m1/s1. The molecule has 0 heterocycles. The van der Waals surface area contributed by atoms with Crippen LogP contribution in [0, 0.1) is 5.41 Å². The summed E-state index contributed by atoms with van der Waals surface area (Å²) in [4.78, 5) is 13.2. The molecule has 0 fully saturated rings. The molecule has 1 aromatic carbocycles. The molecule has 0 aliphatic heterocycles. The second-order valence-electron chi connectivity index (χ2n) is 18.4. The Bertz CT molecular complexity index is 1120. The molecule has 0 saturated heterocycles. The highest BCUT2D eigenvalue weighted by Gasteiger charge is 2.51. The Morgan fingerprint density at radius 1 is 0.674 bits per heavy atom. The maximum atomic E-state index is 13.2. The monoisotopic (exact) mass is 694 g/mol. The van der Waals surface area contributed by atoms with E-state index >= 15 is 0 Å². The molecule has 0 spiro atoms. The third kappa shape index (κ3) is 12.1. The van der Waals surface area contributed by atoms with Gasteiger partial charge in [0.05, 0.1) is 5.41 Å². The highest BCUT2D eigenvalue weighted by molar-refractivity contribution is 6.75. The molecule has 0 aromatic heterocycles. The molecule has 6 nitrogen and oxygen atoms in total. The van der Waals surface area contributed by atoms with Gasteiger partial charge in [0.15, 0.2) is 25.0 Å². The number of esters is 1. The van der Waals surface area contributed by atoms with Crippen LogP contribution in [-0.2, 0) is 27.5 Å². The minimum absolute atomic E-state index is 0.0668. The van der Waals surface area contributed by atoms with Crippen molar-refractivity contribution in [3.8, 4) is 0 Å². The maximum Gasteiger partial charge on any atom is 0.311 e. The summed E-state index contributed by atoms with van der Waals surface area (Å²) in [7, 11) is -5.46. The number of benzene rings is 1. The Kier molecular flexibility index (Phi) is 14.6. The van der Waals surface area contributed by atoms with Gasteiger partial charge in [-0.25, -0.2) is 0 Å². The Morgan fingerprint density at radius 3 is 1.48 bits per heavy atom. The van der Waals surface area contributed by atoms with Gasteiger partial charge in [0.1, 0.15) is 31.0 Å². The molecule has 4 atom stereocenters. The number of carbonyl (C=O) groups is 1. The van der Waals surface area contributed by atoms with Crippen molar-refractivity contribution in [1.82, 2.24) is 0 Å². The smallest absolute Gasteiger partial charge is 0.311 e. The Balaban J connectivity index is 4.06. The topological polar surface area (TPSA) is 63.2 Å². The minimum atomic E-state index is -2.42. The van der Waals surface area contributed by atoms with Crippen LogP contribution in [0.25, 0.3) is 6.08 Å². The van der Waals surface area contributed by atoms with Crippen molar-refractivity contribution in [3.63, 3.8) is 0 Å². The number of hydrogen-bond donors (Lipinski definition) is 0. The second-order valence-corrected chi connectivity index (χ2v) is 32.7. The van der Waals surface area contributed by atoms with E-state index in [0.717, 1.165) is 5.56 Å². The molecule has 0 N–H and O–H groups in total. The zero-order valence-corrected chi connectivity index (χ0v) is 36.0. The fraction of sp³-hybridized carbons (Fsp3) is 0.757. The first-order chi connectivity index (χ1) is 20.5. The summed E-state index contributed by atoms with van der Waals surface area (Å²) in [5.41, 5.74) is 0.424. The third-order valence-electron chi connectivity index (χ3n) is 10.3. The molecule has 0 bridgehead atoms. The van der Waals surface area contributed by atoms with E-state index in [1.54, 1.807) is 7.11 Å². The van der Waals surface area contributed by atoms with Crippen LogP contribution in [0.3, 0.4) is 0 Å². The van der Waals surface area contributed by atoms with Crippen molar-refractivity contribution in [2.24, 2.45) is 5.41 Å². The molecule has 1 rings (SSSR count). The van der Waals surface area contributed by atoms with E-state index in [1.165, 1.54) is 0 Å². The zero-order valence-electron chi connectivity index (χ0n) is 33.0. The first-order valence-electron chi connectivity index (χ1n) is 16.9. The molecule has 0 radical (unpaired) electrons. The third-order valence-corrected chi connectivity index (χ3v) is 23.7. The van der Waals surface area contributed by atoms with E-state index in [4.69, 9.17) is 22.8 Å². The lowest BCUT2D eigenvalue weighted by molar-refractivity contribution is -0.160. The van der Waals surface area contributed by atoms with Gasteiger partial charge in [-0.3, -0.25) is 4.79 Å². The SMILES string of the molecule is CO[C@H](/C=C/c1ccccc1)[C@@H](O[Si](C)(C)C(C)(C)C)[C@H](O[Si](C)(C)C(C)(C)C)[C@H](COC(=O)C(C)(C)C)O[Si](C)(C)C(C)(C)C. The predicted molar refractivity (Wildman–Crippen MR) is 203 cm³/mol. The van der Waals surface area contributed by atoms with Gasteiger partial charge in [0, 0.05) is 7.11 Å². The molecule has 0 aliphatic carbocycles. The van der Waals surface area contributed by atoms with Crippen LogP contribution in [0.4, 0.5) is 0 Å². The van der Waals surface area contributed by atoms with Crippen LogP contribution in [0.2, 0.25) is 54.4 Å². The van der Waals surface area contributed by atoms with Crippen molar-refractivity contribution < 1.29 is 27.5 Å². The van der Waals surface area contributed by atoms with Crippen molar-refractivity contribution in [3.05, 3.63) is 42.0 Å². The van der Waals surface area contributed by atoms with Crippen molar-refractivity contribution >= 4 is 37.0 Å². The molecule has 0 amide bonds. The van der Waals surface area contributed by atoms with Gasteiger partial charge in [0.25, 0.3) is 0 Å². The quantitative estimate of drug-likeness (QED) is 0.143. The average molecular weight is 695 g/mol. The van der Waals surface area contributed by atoms with Gasteiger partial charge < -0.3 is 22.8 Å². The predicted octanol–water partition coefficient (Wildman–Crippen LogP) is 10.5. The van der Waals surface area contributed by atoms with E-state index in [-0.39, 0.29) is 27.7 Å². The van der Waals surface area contributed by atoms with Crippen LogP contribution < -0.4 is 0 Å². The van der Waals surface area contributed by atoms with E-state index in [0.29, 0.717) is 0 Å². The van der Waals surface area contributed by atoms with Crippen molar-refractivity contribution in [1.29, 1.82) is 0 Å². The number of hydrogen-bond acceptors (Lipinski definition) is 6. The number of carbonyl (C=O) groups excluding carboxylic acids is 1. The molecule has 1 aromatic rings. The largest absolute Gasteiger partial charge is 0.462 e. The van der Waals surface area contributed by atoms with Crippen molar-refractivity contribution in [2.45, 2.75) is 162 Å². The summed E-state index contributed by atoms with van der Waals surface area (Å²) in [6.45, 7) is 39.4. The number of rotatable bonds is 14. The molecule has 0 saturated carbocycles. The fourth-order valence-electron chi connectivity index (χ4n) is 3.93. The summed E-state index contributed by atoms with van der Waals surface area (Å²) in [5, 5.41) is -0.230. The Morgan fingerprint density at radius 2 is 1.09 bits per heavy atom. The van der Waals surface area contributed by atoms with Crippen LogP contribution >= 0.6 is 0 Å². The number of ether oxygens (including phenoxy) is 2. The Labute approximate surface area is 286 Å². The van der Waals surface area contributed by atoms with E-state index in [1.807, 2.05) is 39.0 Å². The van der Waals surface area contributed by atoms with Gasteiger partial charge in [-0.1, -0.05) is 105 Å². The normalized spacial score (nSPS) is 17.1. The lowest BCUT2D eigenvalue weighted by atomic mass is 9.97. The highest BCUT2D eigenvalue weighted by atomic mass is 28.4. The summed E-state index contributed by atoms with van der Waals surface area (Å²) >= 11 is 0. The van der Waals surface area contributed by atoms with E-state index < -0.39 is 54.8 Å². The fourth-order valence-corrected chi connectivity index (χ4v) is 7.86. The summed E-state index contributed by atoms with van der Waals surface area (Å²) < 4.78 is 34.4. The van der Waals surface area contributed by atoms with Gasteiger partial charge in [0.2, 0.25) is 0 Å². The van der Waals surface area contributed by atoms with Gasteiger partial charge >= 0.3 is 5.97 Å². The van der Waals surface area contributed by atoms with Crippen LogP contribution in [0.15, 0.2) is 36.4 Å². The first-order valence-corrected chi connectivity index (χ1v) is 25.7. The second kappa shape index (κ2) is 15.6. The molecule has 9 heteroatoms. The van der Waals surface area contributed by atoms with Crippen molar-refractivity contribution in [2.75, 3.05) is 13.7 Å². The van der Waals surface area contributed by atoms with E-state index in [9.17, 15) is 4.79 Å². The van der Waals surface area contributed by atoms with Gasteiger partial charge in [-0.15, -0.1) is 0 Å². The van der Waals surface area contributed by atoms with E-state index in [2.05, 4.69) is 126 Å². The molecule has 266 valence electrons. The molecule has 0 aliphatic rings. The van der Waals surface area contributed by atoms with Gasteiger partial charge in [-0.05, 0) is 80.7 Å². The Hall–Kier alpha value is -1.08. The summed E-state index contributed by atoms with van der Waals surface area (Å²) in [6, 6.07) is 10.2. The molecule has 46 heavy (non-hydrogen) atoms. The average Bonchev–Trinajstić information content (AvgIpc) is 2.87. The lowest BCUT2D eigenvalue weighted by Gasteiger charge is -2.50. The first kappa shape index (κ1) is 42.9. The number of methoxy groups -OCH3 is 1. The van der Waals surface area contributed by atoms with Crippen LogP contribution in [0.5, 0.6) is 0 Å². The zero-order chi connectivity index (χ0) is 36.2. The van der Waals surface area contributed by atoms with Crippen LogP contribution in [-0.4, -0.2) is 69.1 Å². The maximum absolute atomic E-state index is 13.2. The van der Waals surface area contributed by atoms with Crippen LogP contribution in [0.1, 0.15) is 88.6 Å². The molecular weight excluding hydrogens is 625 g/mol.